The Morgan fingerprint density at radius 3 is 2.63 bits per heavy atom. The Balaban J connectivity index is 1.80. The van der Waals surface area contributed by atoms with Crippen molar-refractivity contribution >= 4 is 37.6 Å². The van der Waals surface area contributed by atoms with Gasteiger partial charge in [0, 0.05) is 21.1 Å². The van der Waals surface area contributed by atoms with E-state index in [4.69, 9.17) is 0 Å². The largest absolute Gasteiger partial charge is 0.292 e. The van der Waals surface area contributed by atoms with Crippen molar-refractivity contribution in [2.24, 2.45) is 5.92 Å². The summed E-state index contributed by atoms with van der Waals surface area (Å²) in [6, 6.07) is 12.1. The summed E-state index contributed by atoms with van der Waals surface area (Å²) in [5.41, 5.74) is 1.78. The van der Waals surface area contributed by atoms with Gasteiger partial charge in [-0.1, -0.05) is 30.3 Å². The molecular formula is C15H11Br2NO. The van der Waals surface area contributed by atoms with E-state index in [2.05, 4.69) is 49.0 Å². The van der Waals surface area contributed by atoms with Gasteiger partial charge in [0.1, 0.15) is 5.69 Å². The topological polar surface area (TPSA) is 30.0 Å². The molecule has 0 N–H and O–H groups in total. The van der Waals surface area contributed by atoms with Crippen LogP contribution in [0.4, 0.5) is 0 Å². The Hall–Kier alpha value is -1.00. The maximum atomic E-state index is 12.4. The zero-order chi connectivity index (χ0) is 13.4. The van der Waals surface area contributed by atoms with Crippen LogP contribution in [0, 0.1) is 5.92 Å². The number of hydrogen-bond acceptors (Lipinski definition) is 2. The van der Waals surface area contributed by atoms with E-state index in [1.165, 1.54) is 5.56 Å². The summed E-state index contributed by atoms with van der Waals surface area (Å²) in [7, 11) is 0. The van der Waals surface area contributed by atoms with E-state index >= 15 is 0 Å². The van der Waals surface area contributed by atoms with Crippen molar-refractivity contribution in [3.8, 4) is 0 Å². The number of hydrogen-bond donors (Lipinski definition) is 0. The lowest BCUT2D eigenvalue weighted by molar-refractivity contribution is 0.0959. The first-order valence-electron chi connectivity index (χ1n) is 6.07. The fraction of sp³-hybridized carbons (Fsp3) is 0.200. The molecule has 1 aliphatic carbocycles. The molecule has 0 amide bonds. The van der Waals surface area contributed by atoms with Crippen LogP contribution in [-0.4, -0.2) is 10.8 Å². The molecule has 19 heavy (non-hydrogen) atoms. The molecule has 2 atom stereocenters. The Morgan fingerprint density at radius 2 is 1.95 bits per heavy atom. The highest BCUT2D eigenvalue weighted by Gasteiger charge is 2.44. The number of halogens is 2. The van der Waals surface area contributed by atoms with Crippen molar-refractivity contribution in [2.45, 2.75) is 12.3 Å². The number of rotatable bonds is 3. The summed E-state index contributed by atoms with van der Waals surface area (Å²) in [5.74, 6) is 0.562. The van der Waals surface area contributed by atoms with Gasteiger partial charge in [0.2, 0.25) is 0 Å². The summed E-state index contributed by atoms with van der Waals surface area (Å²) < 4.78 is 1.62. The number of Topliss-reactive ketones (excluding diaryl/α,β-unsaturated/α-hetero) is 1. The molecule has 2 nitrogen and oxygen atoms in total. The van der Waals surface area contributed by atoms with Crippen LogP contribution >= 0.6 is 31.9 Å². The maximum absolute atomic E-state index is 12.4. The van der Waals surface area contributed by atoms with Crippen LogP contribution in [0.1, 0.15) is 28.4 Å². The Labute approximate surface area is 128 Å². The molecule has 0 radical (unpaired) electrons. The molecule has 2 aromatic rings. The number of ketones is 1. The average molecular weight is 381 g/mol. The summed E-state index contributed by atoms with van der Waals surface area (Å²) in [6.45, 7) is 0. The molecule has 0 bridgehead atoms. The van der Waals surface area contributed by atoms with Gasteiger partial charge < -0.3 is 0 Å². The SMILES string of the molecule is O=C(c1ncc(Br)cc1Br)C1CC1c1ccccc1. The third-order valence-corrected chi connectivity index (χ3v) is 4.43. The number of carbonyl (C=O) groups excluding carboxylic acids is 1. The van der Waals surface area contributed by atoms with Crippen molar-refractivity contribution in [3.05, 3.63) is 62.8 Å². The van der Waals surface area contributed by atoms with E-state index in [1.54, 1.807) is 6.20 Å². The predicted octanol–water partition coefficient (Wildman–Crippen LogP) is 4.59. The third-order valence-electron chi connectivity index (χ3n) is 3.40. The zero-order valence-corrected chi connectivity index (χ0v) is 13.2. The van der Waals surface area contributed by atoms with Gasteiger partial charge in [0.25, 0.3) is 0 Å². The summed E-state index contributed by atoms with van der Waals surface area (Å²) in [6.07, 6.45) is 2.59. The molecule has 0 spiro atoms. The number of benzene rings is 1. The quantitative estimate of drug-likeness (QED) is 0.728. The van der Waals surface area contributed by atoms with Gasteiger partial charge in [-0.15, -0.1) is 0 Å². The van der Waals surface area contributed by atoms with Gasteiger partial charge in [-0.3, -0.25) is 9.78 Å². The fourth-order valence-electron chi connectivity index (χ4n) is 2.32. The molecule has 1 heterocycles. The van der Waals surface area contributed by atoms with Gasteiger partial charge >= 0.3 is 0 Å². The zero-order valence-electron chi connectivity index (χ0n) is 10.0. The molecule has 2 unspecified atom stereocenters. The summed E-state index contributed by atoms with van der Waals surface area (Å²) in [4.78, 5) is 16.6. The lowest BCUT2D eigenvalue weighted by Gasteiger charge is -2.03. The van der Waals surface area contributed by atoms with Crippen LogP contribution in [0.25, 0.3) is 0 Å². The molecule has 96 valence electrons. The first-order chi connectivity index (χ1) is 9.16. The molecule has 1 fully saturated rings. The van der Waals surface area contributed by atoms with Gasteiger partial charge in [-0.25, -0.2) is 0 Å². The average Bonchev–Trinajstić information content (AvgIpc) is 3.19. The second-order valence-corrected chi connectivity index (χ2v) is 6.48. The van der Waals surface area contributed by atoms with E-state index in [1.807, 2.05) is 24.3 Å². The molecular weight excluding hydrogens is 370 g/mol. The Morgan fingerprint density at radius 1 is 1.21 bits per heavy atom. The van der Waals surface area contributed by atoms with E-state index in [9.17, 15) is 4.79 Å². The minimum Gasteiger partial charge on any atom is -0.292 e. The molecule has 0 saturated heterocycles. The van der Waals surface area contributed by atoms with Crippen molar-refractivity contribution < 1.29 is 4.79 Å². The van der Waals surface area contributed by atoms with Crippen LogP contribution in [0.3, 0.4) is 0 Å². The third kappa shape index (κ3) is 2.65. The Bertz CT molecular complexity index is 627. The summed E-state index contributed by atoms with van der Waals surface area (Å²) >= 11 is 6.75. The lowest BCUT2D eigenvalue weighted by atomic mass is 10.1. The lowest BCUT2D eigenvalue weighted by Crippen LogP contribution is -2.06. The predicted molar refractivity (Wildman–Crippen MR) is 81.3 cm³/mol. The van der Waals surface area contributed by atoms with Crippen LogP contribution in [0.2, 0.25) is 0 Å². The van der Waals surface area contributed by atoms with Gasteiger partial charge in [0.05, 0.1) is 0 Å². The molecule has 1 aliphatic rings. The van der Waals surface area contributed by atoms with Crippen molar-refractivity contribution in [2.75, 3.05) is 0 Å². The smallest absolute Gasteiger partial charge is 0.186 e. The summed E-state index contributed by atoms with van der Waals surface area (Å²) in [5, 5.41) is 0. The van der Waals surface area contributed by atoms with E-state index in [0.717, 1.165) is 15.4 Å². The Kier molecular flexibility index (Phi) is 3.54. The maximum Gasteiger partial charge on any atom is 0.186 e. The second kappa shape index (κ2) is 5.17. The van der Waals surface area contributed by atoms with Crippen LogP contribution in [-0.2, 0) is 0 Å². The first kappa shape index (κ1) is 13.0. The monoisotopic (exact) mass is 379 g/mol. The van der Waals surface area contributed by atoms with E-state index in [-0.39, 0.29) is 11.7 Å². The minimum absolute atomic E-state index is 0.0763. The van der Waals surface area contributed by atoms with E-state index in [0.29, 0.717) is 11.6 Å². The number of nitrogens with zero attached hydrogens (tertiary/aromatic N) is 1. The van der Waals surface area contributed by atoms with E-state index < -0.39 is 0 Å². The van der Waals surface area contributed by atoms with Crippen molar-refractivity contribution in [1.29, 1.82) is 0 Å². The molecule has 4 heteroatoms. The normalized spacial score (nSPS) is 21.2. The molecule has 1 saturated carbocycles. The fourth-order valence-corrected chi connectivity index (χ4v) is 3.51. The van der Waals surface area contributed by atoms with Crippen molar-refractivity contribution in [1.82, 2.24) is 4.98 Å². The van der Waals surface area contributed by atoms with Crippen LogP contribution in [0.5, 0.6) is 0 Å². The number of carbonyl (C=O) groups is 1. The number of pyridine rings is 1. The second-order valence-electron chi connectivity index (χ2n) is 4.71. The molecule has 3 rings (SSSR count). The molecule has 0 aliphatic heterocycles. The van der Waals surface area contributed by atoms with Gasteiger partial charge in [0.15, 0.2) is 5.78 Å². The minimum atomic E-state index is 0.0763. The van der Waals surface area contributed by atoms with Gasteiger partial charge in [-0.05, 0) is 55.8 Å². The number of aromatic nitrogens is 1. The first-order valence-corrected chi connectivity index (χ1v) is 7.65. The molecule has 1 aromatic carbocycles. The van der Waals surface area contributed by atoms with Crippen LogP contribution < -0.4 is 0 Å². The van der Waals surface area contributed by atoms with Crippen LogP contribution in [0.15, 0.2) is 51.5 Å². The standard InChI is InChI=1S/C15H11Br2NO/c16-10-6-13(17)14(18-8-10)15(19)12-7-11(12)9-4-2-1-3-5-9/h1-6,8,11-12H,7H2. The highest BCUT2D eigenvalue weighted by Crippen LogP contribution is 2.49. The van der Waals surface area contributed by atoms with Gasteiger partial charge in [-0.2, -0.15) is 0 Å². The van der Waals surface area contributed by atoms with Crippen molar-refractivity contribution in [3.63, 3.8) is 0 Å². The highest BCUT2D eigenvalue weighted by atomic mass is 79.9. The highest BCUT2D eigenvalue weighted by molar-refractivity contribution is 9.11. The molecule has 1 aromatic heterocycles.